The lowest BCUT2D eigenvalue weighted by Gasteiger charge is -2.08. The van der Waals surface area contributed by atoms with Gasteiger partial charge >= 0.3 is 6.18 Å². The summed E-state index contributed by atoms with van der Waals surface area (Å²) in [6.45, 7) is 0.684. The average molecular weight is 308 g/mol. The van der Waals surface area contributed by atoms with E-state index < -0.39 is 16.7 Å². The fourth-order valence-electron chi connectivity index (χ4n) is 2.37. The maximum absolute atomic E-state index is 12.5. The van der Waals surface area contributed by atoms with Crippen LogP contribution in [0.1, 0.15) is 17.2 Å². The topological polar surface area (TPSA) is 46.1 Å². The third-order valence-corrected chi connectivity index (χ3v) is 3.63. The number of rotatable bonds is 3. The second-order valence-corrected chi connectivity index (χ2v) is 5.06. The minimum Gasteiger partial charge on any atom is -0.360 e. The first kappa shape index (κ1) is 14.4. The Balaban J connectivity index is 1.72. The van der Waals surface area contributed by atoms with Crippen LogP contribution in [0, 0.1) is 10.1 Å². The first-order valence-corrected chi connectivity index (χ1v) is 6.54. The second-order valence-electron chi connectivity index (χ2n) is 5.06. The number of nitro groups is 1. The molecule has 0 aliphatic carbocycles. The van der Waals surface area contributed by atoms with Gasteiger partial charge in [-0.05, 0) is 29.8 Å². The highest BCUT2D eigenvalue weighted by Crippen LogP contribution is 2.41. The normalized spacial score (nSPS) is 17.4. The number of hydrogen-bond acceptors (Lipinski definition) is 3. The molecule has 2 aromatic rings. The number of alkyl halides is 3. The molecule has 7 heteroatoms. The lowest BCUT2D eigenvalue weighted by molar-refractivity contribution is -0.384. The molecule has 0 aromatic heterocycles. The number of halogens is 3. The van der Waals surface area contributed by atoms with Gasteiger partial charge in [0.25, 0.3) is 5.69 Å². The van der Waals surface area contributed by atoms with Gasteiger partial charge in [-0.3, -0.25) is 10.1 Å². The van der Waals surface area contributed by atoms with Gasteiger partial charge in [-0.2, -0.15) is 13.2 Å². The van der Waals surface area contributed by atoms with E-state index >= 15 is 0 Å². The Bertz CT molecular complexity index is 696. The van der Waals surface area contributed by atoms with Gasteiger partial charge in [0, 0.05) is 24.4 Å². The molecule has 1 saturated heterocycles. The second kappa shape index (κ2) is 5.01. The van der Waals surface area contributed by atoms with Crippen LogP contribution in [0.15, 0.2) is 48.5 Å². The Labute approximate surface area is 123 Å². The average Bonchev–Trinajstić information content (AvgIpc) is 3.27. The van der Waals surface area contributed by atoms with Crippen LogP contribution < -0.4 is 4.90 Å². The van der Waals surface area contributed by atoms with Crippen LogP contribution in [0.3, 0.4) is 0 Å². The van der Waals surface area contributed by atoms with Gasteiger partial charge in [0.15, 0.2) is 0 Å². The third-order valence-electron chi connectivity index (χ3n) is 3.63. The predicted octanol–water partition coefficient (Wildman–Crippen LogP) is 4.17. The zero-order valence-corrected chi connectivity index (χ0v) is 11.2. The van der Waals surface area contributed by atoms with E-state index in [-0.39, 0.29) is 11.7 Å². The predicted molar refractivity (Wildman–Crippen MR) is 74.6 cm³/mol. The van der Waals surface area contributed by atoms with E-state index in [1.807, 2.05) is 4.90 Å². The molecule has 0 spiro atoms. The molecule has 1 heterocycles. The number of non-ortho nitro benzene ring substituents is 1. The van der Waals surface area contributed by atoms with Gasteiger partial charge in [0.1, 0.15) is 0 Å². The van der Waals surface area contributed by atoms with Gasteiger partial charge < -0.3 is 4.90 Å². The first-order valence-electron chi connectivity index (χ1n) is 6.54. The quantitative estimate of drug-likeness (QED) is 0.485. The van der Waals surface area contributed by atoms with Crippen molar-refractivity contribution in [3.05, 3.63) is 69.8 Å². The minimum atomic E-state index is -4.33. The number of anilines is 1. The molecule has 1 aliphatic heterocycles. The molecule has 1 fully saturated rings. The Kier molecular flexibility index (Phi) is 3.27. The Morgan fingerprint density at radius 3 is 2.14 bits per heavy atom. The van der Waals surface area contributed by atoms with Crippen LogP contribution in [-0.2, 0) is 6.18 Å². The monoisotopic (exact) mass is 308 g/mol. The molecule has 1 unspecified atom stereocenters. The highest BCUT2D eigenvalue weighted by molar-refractivity contribution is 5.58. The van der Waals surface area contributed by atoms with Crippen LogP contribution in [0.4, 0.5) is 24.5 Å². The molecular formula is C15H11F3N2O2. The maximum Gasteiger partial charge on any atom is 0.416 e. The molecule has 3 rings (SSSR count). The van der Waals surface area contributed by atoms with Gasteiger partial charge in [-0.25, -0.2) is 0 Å². The van der Waals surface area contributed by atoms with E-state index in [9.17, 15) is 23.3 Å². The van der Waals surface area contributed by atoms with Crippen LogP contribution in [0.25, 0.3) is 0 Å². The largest absolute Gasteiger partial charge is 0.416 e. The van der Waals surface area contributed by atoms with Crippen molar-refractivity contribution >= 4 is 11.4 Å². The maximum atomic E-state index is 12.5. The summed E-state index contributed by atoms with van der Waals surface area (Å²) in [6, 6.07) is 11.2. The molecule has 1 atom stereocenters. The van der Waals surface area contributed by atoms with Crippen LogP contribution in [0.2, 0.25) is 0 Å². The summed E-state index contributed by atoms with van der Waals surface area (Å²) in [7, 11) is 0. The summed E-state index contributed by atoms with van der Waals surface area (Å²) in [5.74, 6) is 0. The van der Waals surface area contributed by atoms with E-state index in [2.05, 4.69) is 0 Å². The van der Waals surface area contributed by atoms with Gasteiger partial charge in [0.05, 0.1) is 16.5 Å². The van der Waals surface area contributed by atoms with Crippen LogP contribution in [0.5, 0.6) is 0 Å². The summed E-state index contributed by atoms with van der Waals surface area (Å²) < 4.78 is 37.5. The van der Waals surface area contributed by atoms with Crippen molar-refractivity contribution in [1.29, 1.82) is 0 Å². The SMILES string of the molecule is O=[N+]([O-])c1ccc(N2CC2c2ccc(C(F)(F)F)cc2)cc1. The van der Waals surface area contributed by atoms with E-state index in [0.717, 1.165) is 23.4 Å². The van der Waals surface area contributed by atoms with Crippen molar-refractivity contribution in [3.8, 4) is 0 Å². The lowest BCUT2D eigenvalue weighted by atomic mass is 10.1. The Hall–Kier alpha value is -2.57. The molecule has 22 heavy (non-hydrogen) atoms. The number of nitrogens with zero attached hydrogens (tertiary/aromatic N) is 2. The van der Waals surface area contributed by atoms with Crippen LogP contribution >= 0.6 is 0 Å². The van der Waals surface area contributed by atoms with E-state index in [4.69, 9.17) is 0 Å². The fourth-order valence-corrected chi connectivity index (χ4v) is 2.37. The highest BCUT2D eigenvalue weighted by atomic mass is 19.4. The molecule has 0 N–H and O–H groups in total. The lowest BCUT2D eigenvalue weighted by Crippen LogP contribution is -2.04. The van der Waals surface area contributed by atoms with Crippen molar-refractivity contribution in [3.63, 3.8) is 0 Å². The fraction of sp³-hybridized carbons (Fsp3) is 0.200. The van der Waals surface area contributed by atoms with E-state index in [1.165, 1.54) is 24.3 Å². The molecule has 0 radical (unpaired) electrons. The molecule has 1 aliphatic rings. The van der Waals surface area contributed by atoms with Crippen LogP contribution in [-0.4, -0.2) is 11.5 Å². The minimum absolute atomic E-state index is 0.0108. The molecule has 0 amide bonds. The molecule has 0 saturated carbocycles. The number of nitro benzene ring substituents is 1. The first-order chi connectivity index (χ1) is 10.4. The zero-order chi connectivity index (χ0) is 15.9. The van der Waals surface area contributed by atoms with Crippen molar-refractivity contribution in [2.75, 3.05) is 11.4 Å². The van der Waals surface area contributed by atoms with Crippen molar-refractivity contribution < 1.29 is 18.1 Å². The molecular weight excluding hydrogens is 297 g/mol. The van der Waals surface area contributed by atoms with Crippen molar-refractivity contribution in [1.82, 2.24) is 0 Å². The molecule has 0 bridgehead atoms. The van der Waals surface area contributed by atoms with Gasteiger partial charge in [-0.15, -0.1) is 0 Å². The summed E-state index contributed by atoms with van der Waals surface area (Å²) in [4.78, 5) is 12.1. The van der Waals surface area contributed by atoms with Gasteiger partial charge in [0.2, 0.25) is 0 Å². The zero-order valence-electron chi connectivity index (χ0n) is 11.2. The summed E-state index contributed by atoms with van der Waals surface area (Å²) >= 11 is 0. The van der Waals surface area contributed by atoms with Gasteiger partial charge in [-0.1, -0.05) is 12.1 Å². The number of hydrogen-bond donors (Lipinski definition) is 0. The summed E-state index contributed by atoms with van der Waals surface area (Å²) in [6.07, 6.45) is -4.33. The summed E-state index contributed by atoms with van der Waals surface area (Å²) in [5, 5.41) is 10.6. The smallest absolute Gasteiger partial charge is 0.360 e. The Morgan fingerprint density at radius 2 is 1.64 bits per heavy atom. The standard InChI is InChI=1S/C15H11F3N2O2/c16-15(17,18)11-3-1-10(2-4-11)14-9-19(14)12-5-7-13(8-6-12)20(21)22/h1-8,14H,9H2. The number of benzene rings is 2. The summed E-state index contributed by atoms with van der Waals surface area (Å²) in [5.41, 5.74) is 0.956. The molecule has 2 aromatic carbocycles. The molecule has 4 nitrogen and oxygen atoms in total. The van der Waals surface area contributed by atoms with Crippen molar-refractivity contribution in [2.24, 2.45) is 0 Å². The van der Waals surface area contributed by atoms with Crippen molar-refractivity contribution in [2.45, 2.75) is 12.2 Å². The highest BCUT2D eigenvalue weighted by Gasteiger charge is 2.36. The third kappa shape index (κ3) is 2.74. The van der Waals surface area contributed by atoms with E-state index in [0.29, 0.717) is 6.54 Å². The van der Waals surface area contributed by atoms with E-state index in [1.54, 1.807) is 12.1 Å². The molecule has 114 valence electrons. The Morgan fingerprint density at radius 1 is 1.05 bits per heavy atom.